The molecule has 1 N–H and O–H groups in total. The summed E-state index contributed by atoms with van der Waals surface area (Å²) < 4.78 is 40.7. The number of hydrogen-bond acceptors (Lipinski definition) is 6. The monoisotopic (exact) mass is 443 g/mol. The topological polar surface area (TPSA) is 69.3 Å². The molecule has 0 saturated heterocycles. The third-order valence-corrected chi connectivity index (χ3v) is 5.28. The molecule has 0 amide bonds. The van der Waals surface area contributed by atoms with Crippen LogP contribution in [0.2, 0.25) is 0 Å². The summed E-state index contributed by atoms with van der Waals surface area (Å²) in [5, 5.41) is 0.628. The highest BCUT2D eigenvalue weighted by atomic mass is 32.2. The van der Waals surface area contributed by atoms with E-state index in [2.05, 4.69) is 19.7 Å². The first-order valence-corrected chi connectivity index (χ1v) is 10.4. The lowest BCUT2D eigenvalue weighted by Gasteiger charge is -2.14. The Morgan fingerprint density at radius 1 is 1.10 bits per heavy atom. The molecule has 4 aromatic rings. The van der Waals surface area contributed by atoms with E-state index in [9.17, 15) is 8.78 Å². The van der Waals surface area contributed by atoms with Crippen molar-refractivity contribution in [2.45, 2.75) is 24.1 Å². The predicted octanol–water partition coefficient (Wildman–Crippen LogP) is 5.44. The fourth-order valence-electron chi connectivity index (χ4n) is 2.96. The Labute approximate surface area is 181 Å². The van der Waals surface area contributed by atoms with Crippen LogP contribution in [0.25, 0.3) is 11.0 Å². The van der Waals surface area contributed by atoms with E-state index in [1.165, 1.54) is 23.9 Å². The number of thioether (sulfide) groups is 1. The quantitative estimate of drug-likeness (QED) is 0.348. The number of aromatic nitrogens is 3. The summed E-state index contributed by atoms with van der Waals surface area (Å²) in [4.78, 5) is 12.0. The molecule has 0 unspecified atom stereocenters. The minimum Gasteiger partial charge on any atom is -0.493 e. The molecule has 0 aliphatic carbocycles. The number of benzene rings is 2. The van der Waals surface area contributed by atoms with E-state index in [0.717, 1.165) is 11.1 Å². The van der Waals surface area contributed by atoms with Crippen molar-refractivity contribution in [2.24, 2.45) is 0 Å². The van der Waals surface area contributed by atoms with Crippen LogP contribution in [0.15, 0.2) is 66.0 Å². The molecular formula is C22H19F2N3O3S. The van der Waals surface area contributed by atoms with Crippen molar-refractivity contribution in [2.75, 3.05) is 7.11 Å². The molecule has 4 rings (SSSR count). The number of rotatable bonds is 9. The average Bonchev–Trinajstić information content (AvgIpc) is 3.18. The smallest absolute Gasteiger partial charge is 0.387 e. The standard InChI is InChI=1S/C22H19F2N3O3S/c1-28-19-9-10-25-18(20(19)29-12-14-5-3-2-4-6-14)13-31-22-26-16-8-7-15(30-21(23)24)11-17(16)27-22/h2-11,21H,12-13H2,1H3,(H,26,27). The van der Waals surface area contributed by atoms with E-state index in [1.807, 2.05) is 30.3 Å². The van der Waals surface area contributed by atoms with Crippen molar-refractivity contribution >= 4 is 22.8 Å². The van der Waals surface area contributed by atoms with Crippen LogP contribution in [0.1, 0.15) is 11.3 Å². The van der Waals surface area contributed by atoms with Gasteiger partial charge in [0.1, 0.15) is 12.4 Å². The van der Waals surface area contributed by atoms with Gasteiger partial charge in [-0.05, 0) is 17.7 Å². The first-order chi connectivity index (χ1) is 15.1. The Morgan fingerprint density at radius 2 is 1.94 bits per heavy atom. The van der Waals surface area contributed by atoms with E-state index < -0.39 is 6.61 Å². The zero-order valence-electron chi connectivity index (χ0n) is 16.5. The molecule has 2 aromatic heterocycles. The van der Waals surface area contributed by atoms with Gasteiger partial charge in [0, 0.05) is 24.1 Å². The molecule has 31 heavy (non-hydrogen) atoms. The fourth-order valence-corrected chi connectivity index (χ4v) is 3.79. The lowest BCUT2D eigenvalue weighted by molar-refractivity contribution is -0.0497. The van der Waals surface area contributed by atoms with Crippen molar-refractivity contribution in [3.63, 3.8) is 0 Å². The summed E-state index contributed by atoms with van der Waals surface area (Å²) in [6, 6.07) is 16.2. The van der Waals surface area contributed by atoms with Gasteiger partial charge in [0.05, 0.1) is 23.8 Å². The molecule has 2 heterocycles. The normalized spacial score (nSPS) is 11.1. The number of methoxy groups -OCH3 is 1. The van der Waals surface area contributed by atoms with Crippen LogP contribution in [0.4, 0.5) is 8.78 Å². The number of nitrogens with one attached hydrogen (secondary N) is 1. The molecule has 0 bridgehead atoms. The number of fused-ring (bicyclic) bond motifs is 1. The Morgan fingerprint density at radius 3 is 2.71 bits per heavy atom. The van der Waals surface area contributed by atoms with Crippen molar-refractivity contribution in [1.29, 1.82) is 0 Å². The minimum atomic E-state index is -2.88. The second-order valence-corrected chi connectivity index (χ2v) is 7.42. The lowest BCUT2D eigenvalue weighted by atomic mass is 10.2. The maximum atomic E-state index is 12.4. The highest BCUT2D eigenvalue weighted by Crippen LogP contribution is 2.34. The molecule has 9 heteroatoms. The summed E-state index contributed by atoms with van der Waals surface area (Å²) in [5.74, 6) is 1.71. The molecule has 2 aromatic carbocycles. The Kier molecular flexibility index (Phi) is 6.51. The molecular weight excluding hydrogens is 424 g/mol. The third-order valence-electron chi connectivity index (χ3n) is 4.39. The van der Waals surface area contributed by atoms with Crippen LogP contribution in [0, 0.1) is 0 Å². The minimum absolute atomic E-state index is 0.0663. The second-order valence-electron chi connectivity index (χ2n) is 6.45. The molecule has 0 fully saturated rings. The summed E-state index contributed by atoms with van der Waals surface area (Å²) in [5.41, 5.74) is 3.01. The first kappa shape index (κ1) is 20.9. The van der Waals surface area contributed by atoms with E-state index in [0.29, 0.717) is 40.2 Å². The lowest BCUT2D eigenvalue weighted by Crippen LogP contribution is -2.02. The number of alkyl halides is 2. The summed E-state index contributed by atoms with van der Waals surface area (Å²) >= 11 is 1.42. The van der Waals surface area contributed by atoms with Crippen molar-refractivity contribution < 1.29 is 23.0 Å². The SMILES string of the molecule is COc1ccnc(CSc2nc3cc(OC(F)F)ccc3[nH]2)c1OCc1ccccc1. The first-order valence-electron chi connectivity index (χ1n) is 9.38. The highest BCUT2D eigenvalue weighted by molar-refractivity contribution is 7.98. The van der Waals surface area contributed by atoms with Gasteiger partial charge in [0.2, 0.25) is 0 Å². The van der Waals surface area contributed by atoms with Crippen molar-refractivity contribution in [3.05, 3.63) is 72.1 Å². The molecule has 0 radical (unpaired) electrons. The van der Waals surface area contributed by atoms with Gasteiger partial charge in [-0.1, -0.05) is 42.1 Å². The number of aromatic amines is 1. The number of hydrogen-bond donors (Lipinski definition) is 1. The van der Waals surface area contributed by atoms with Crippen LogP contribution in [0.5, 0.6) is 17.2 Å². The van der Waals surface area contributed by atoms with E-state index in [1.54, 1.807) is 25.4 Å². The maximum Gasteiger partial charge on any atom is 0.387 e. The van der Waals surface area contributed by atoms with Crippen LogP contribution in [-0.4, -0.2) is 28.7 Å². The summed E-state index contributed by atoms with van der Waals surface area (Å²) in [7, 11) is 1.58. The predicted molar refractivity (Wildman–Crippen MR) is 114 cm³/mol. The fraction of sp³-hybridized carbons (Fsp3) is 0.182. The number of halogens is 2. The van der Waals surface area contributed by atoms with Gasteiger partial charge in [-0.25, -0.2) is 4.98 Å². The Bertz CT molecular complexity index is 1160. The van der Waals surface area contributed by atoms with Gasteiger partial charge < -0.3 is 19.2 Å². The molecule has 0 aliphatic heterocycles. The van der Waals surface area contributed by atoms with E-state index in [-0.39, 0.29) is 5.75 Å². The highest BCUT2D eigenvalue weighted by Gasteiger charge is 2.15. The van der Waals surface area contributed by atoms with Crippen LogP contribution in [0.3, 0.4) is 0 Å². The number of ether oxygens (including phenoxy) is 3. The van der Waals surface area contributed by atoms with Gasteiger partial charge in [-0.3, -0.25) is 4.98 Å². The summed E-state index contributed by atoms with van der Waals surface area (Å²) in [6.07, 6.45) is 1.66. The van der Waals surface area contributed by atoms with Gasteiger partial charge in [0.15, 0.2) is 16.7 Å². The molecule has 0 atom stereocenters. The average molecular weight is 443 g/mol. The van der Waals surface area contributed by atoms with Gasteiger partial charge >= 0.3 is 6.61 Å². The number of pyridine rings is 1. The molecule has 0 spiro atoms. The van der Waals surface area contributed by atoms with Crippen LogP contribution < -0.4 is 14.2 Å². The molecule has 160 valence electrons. The van der Waals surface area contributed by atoms with Crippen LogP contribution >= 0.6 is 11.8 Å². The number of imidazole rings is 1. The third kappa shape index (κ3) is 5.24. The van der Waals surface area contributed by atoms with Gasteiger partial charge in [0.25, 0.3) is 0 Å². The molecule has 6 nitrogen and oxygen atoms in total. The number of H-pyrrole nitrogens is 1. The molecule has 0 saturated carbocycles. The number of nitrogens with zero attached hydrogens (tertiary/aromatic N) is 2. The van der Waals surface area contributed by atoms with E-state index >= 15 is 0 Å². The molecule has 0 aliphatic rings. The van der Waals surface area contributed by atoms with Crippen LogP contribution in [-0.2, 0) is 12.4 Å². The van der Waals surface area contributed by atoms with Gasteiger partial charge in [-0.15, -0.1) is 0 Å². The van der Waals surface area contributed by atoms with E-state index in [4.69, 9.17) is 9.47 Å². The van der Waals surface area contributed by atoms with Gasteiger partial charge in [-0.2, -0.15) is 8.78 Å². The Hall–Kier alpha value is -3.33. The van der Waals surface area contributed by atoms with Crippen molar-refractivity contribution in [3.8, 4) is 17.2 Å². The Balaban J connectivity index is 1.50. The zero-order valence-corrected chi connectivity index (χ0v) is 17.4. The maximum absolute atomic E-state index is 12.4. The summed E-state index contributed by atoms with van der Waals surface area (Å²) in [6.45, 7) is -2.49. The second kappa shape index (κ2) is 9.65. The largest absolute Gasteiger partial charge is 0.493 e. The zero-order chi connectivity index (χ0) is 21.6. The van der Waals surface area contributed by atoms with Crippen molar-refractivity contribution in [1.82, 2.24) is 15.0 Å².